The number of aromatic amines is 1. The second kappa shape index (κ2) is 17.0. The molecule has 3 aromatic heterocycles. The molecule has 0 saturated carbocycles. The van der Waals surface area contributed by atoms with Gasteiger partial charge in [-0.3, -0.25) is 14.9 Å². The molecular weight excluding hydrogens is 611 g/mol. The first-order chi connectivity index (χ1) is 22.1. The fraction of sp³-hybridized carbons (Fsp3) is 0.281. The molecule has 2 amide bonds. The smallest absolute Gasteiger partial charge is 0.407 e. The number of hydrogen-bond acceptors (Lipinski definition) is 10. The molecular formula is C32H35N7O4S2. The zero-order valence-corrected chi connectivity index (χ0v) is 26.2. The molecule has 45 heavy (non-hydrogen) atoms. The zero-order valence-electron chi connectivity index (χ0n) is 24.6. The maximum absolute atomic E-state index is 13.0. The van der Waals surface area contributed by atoms with E-state index in [-0.39, 0.29) is 25.3 Å². The van der Waals surface area contributed by atoms with Gasteiger partial charge in [-0.25, -0.2) is 14.6 Å². The van der Waals surface area contributed by atoms with Crippen LogP contribution >= 0.6 is 22.7 Å². The Kier molecular flexibility index (Phi) is 12.1. The third kappa shape index (κ3) is 11.1. The van der Waals surface area contributed by atoms with E-state index in [1.54, 1.807) is 29.7 Å². The van der Waals surface area contributed by atoms with E-state index in [2.05, 4.69) is 35.5 Å². The second-order valence-electron chi connectivity index (χ2n) is 10.4. The van der Waals surface area contributed by atoms with E-state index in [0.29, 0.717) is 32.5 Å². The monoisotopic (exact) mass is 645 g/mol. The second-order valence-corrected chi connectivity index (χ2v) is 12.3. The fourth-order valence-electron chi connectivity index (χ4n) is 4.87. The normalized spacial score (nSPS) is 12.4. The Balaban J connectivity index is 1.32. The number of rotatable bonds is 16. The third-order valence-electron chi connectivity index (χ3n) is 6.85. The zero-order chi connectivity index (χ0) is 31.1. The van der Waals surface area contributed by atoms with E-state index >= 15 is 0 Å². The van der Waals surface area contributed by atoms with Crippen LogP contribution in [0.25, 0.3) is 0 Å². The number of nitrogens with zero attached hydrogens (tertiary/aromatic N) is 4. The number of ether oxygens (including phenoxy) is 2. The highest BCUT2D eigenvalue weighted by Gasteiger charge is 2.24. The number of carbonyl (C=O) groups is 2. The van der Waals surface area contributed by atoms with Gasteiger partial charge in [0.2, 0.25) is 0 Å². The maximum atomic E-state index is 13.0. The summed E-state index contributed by atoms with van der Waals surface area (Å²) in [5.74, 6) is 0. The first-order valence-electron chi connectivity index (χ1n) is 14.5. The van der Waals surface area contributed by atoms with Gasteiger partial charge < -0.3 is 25.1 Å². The summed E-state index contributed by atoms with van der Waals surface area (Å²) in [4.78, 5) is 45.4. The Morgan fingerprint density at radius 1 is 0.778 bits per heavy atom. The summed E-state index contributed by atoms with van der Waals surface area (Å²) in [6.45, 7) is 1.74. The van der Waals surface area contributed by atoms with Crippen LogP contribution in [0, 0.1) is 0 Å². The van der Waals surface area contributed by atoms with E-state index in [9.17, 15) is 9.59 Å². The molecule has 0 aliphatic heterocycles. The summed E-state index contributed by atoms with van der Waals surface area (Å²) in [6.07, 6.45) is 7.02. The molecule has 0 radical (unpaired) electrons. The van der Waals surface area contributed by atoms with Gasteiger partial charge in [-0.1, -0.05) is 60.7 Å². The fourth-order valence-corrected chi connectivity index (χ4v) is 5.88. The molecule has 0 fully saturated rings. The van der Waals surface area contributed by atoms with Crippen molar-refractivity contribution < 1.29 is 19.1 Å². The predicted molar refractivity (Wildman–Crippen MR) is 173 cm³/mol. The Bertz CT molecular complexity index is 1440. The molecule has 0 unspecified atom stereocenters. The summed E-state index contributed by atoms with van der Waals surface area (Å²) < 4.78 is 11.0. The predicted octanol–water partition coefficient (Wildman–Crippen LogP) is 5.20. The summed E-state index contributed by atoms with van der Waals surface area (Å²) in [6, 6.07) is 19.4. The number of aromatic nitrogens is 4. The van der Waals surface area contributed by atoms with Crippen LogP contribution in [0.1, 0.15) is 26.6 Å². The van der Waals surface area contributed by atoms with Crippen LogP contribution in [0.15, 0.2) is 96.6 Å². The minimum atomic E-state index is -0.505. The summed E-state index contributed by atoms with van der Waals surface area (Å²) >= 11 is 2.86. The Morgan fingerprint density at radius 3 is 1.71 bits per heavy atom. The molecule has 3 N–H and O–H groups in total. The molecule has 0 spiro atoms. The standard InChI is InChI=1S/C32H35N7O4S2/c40-31(42-19-29-14-34-22-44-29)37-26(11-24-7-3-1-4-8-24)16-39(18-28-13-33-21-36-28)17-27(12-25-9-5-2-6-10-25)38-32(41)43-20-30-15-35-23-45-30/h1-10,13-15,21-23,26-27H,11-12,16-20H2,(H,33,36)(H,37,40)(H,38,41)/t26-,27-/m1/s1. The van der Waals surface area contributed by atoms with Crippen molar-refractivity contribution in [3.8, 4) is 0 Å². The van der Waals surface area contributed by atoms with Crippen molar-refractivity contribution in [3.63, 3.8) is 0 Å². The van der Waals surface area contributed by atoms with Gasteiger partial charge in [0.25, 0.3) is 0 Å². The summed E-state index contributed by atoms with van der Waals surface area (Å²) in [5.41, 5.74) is 6.41. The number of imidazole rings is 1. The summed E-state index contributed by atoms with van der Waals surface area (Å²) in [5, 5.41) is 6.15. The third-order valence-corrected chi connectivity index (χ3v) is 8.36. The molecule has 5 aromatic rings. The van der Waals surface area contributed by atoms with Crippen molar-refractivity contribution >= 4 is 34.9 Å². The van der Waals surface area contributed by atoms with E-state index in [1.165, 1.54) is 22.7 Å². The molecule has 0 aliphatic carbocycles. The lowest BCUT2D eigenvalue weighted by Gasteiger charge is -2.31. The number of thiazole rings is 2. The molecule has 2 aromatic carbocycles. The topological polar surface area (TPSA) is 134 Å². The lowest BCUT2D eigenvalue weighted by molar-refractivity contribution is 0.125. The Hall–Kier alpha value is -4.59. The van der Waals surface area contributed by atoms with Crippen LogP contribution < -0.4 is 10.6 Å². The van der Waals surface area contributed by atoms with Gasteiger partial charge >= 0.3 is 12.2 Å². The molecule has 2 atom stereocenters. The number of H-pyrrole nitrogens is 1. The molecule has 11 nitrogen and oxygen atoms in total. The average molecular weight is 646 g/mol. The average Bonchev–Trinajstić information content (AvgIpc) is 3.85. The van der Waals surface area contributed by atoms with Crippen molar-refractivity contribution in [1.29, 1.82) is 0 Å². The van der Waals surface area contributed by atoms with Gasteiger partial charge in [-0.15, -0.1) is 22.7 Å². The highest BCUT2D eigenvalue weighted by molar-refractivity contribution is 7.09. The van der Waals surface area contributed by atoms with Crippen molar-refractivity contribution in [3.05, 3.63) is 123 Å². The van der Waals surface area contributed by atoms with E-state index in [1.807, 2.05) is 66.9 Å². The van der Waals surface area contributed by atoms with Gasteiger partial charge in [0.05, 0.1) is 32.8 Å². The van der Waals surface area contributed by atoms with Crippen molar-refractivity contribution in [2.45, 2.75) is 44.7 Å². The summed E-state index contributed by atoms with van der Waals surface area (Å²) in [7, 11) is 0. The minimum Gasteiger partial charge on any atom is -0.444 e. The molecule has 3 heterocycles. The molecule has 234 valence electrons. The number of carbonyl (C=O) groups excluding carboxylic acids is 2. The van der Waals surface area contributed by atoms with Crippen molar-refractivity contribution in [1.82, 2.24) is 35.5 Å². The van der Waals surface area contributed by atoms with Gasteiger partial charge in [0.15, 0.2) is 0 Å². The quantitative estimate of drug-likeness (QED) is 0.133. The van der Waals surface area contributed by atoms with Gasteiger partial charge in [-0.2, -0.15) is 0 Å². The SMILES string of the molecule is O=C(N[C@H](Cc1ccccc1)CN(Cc1c[nH]cn1)C[C@@H](Cc1ccccc1)NC(=O)OCc1cncs1)OCc1cncs1. The molecule has 0 bridgehead atoms. The molecule has 0 aliphatic rings. The Morgan fingerprint density at radius 2 is 1.29 bits per heavy atom. The Labute approximate surface area is 269 Å². The van der Waals surface area contributed by atoms with Gasteiger partial charge in [0, 0.05) is 50.3 Å². The van der Waals surface area contributed by atoms with E-state index in [0.717, 1.165) is 26.6 Å². The van der Waals surface area contributed by atoms with Gasteiger partial charge in [0.1, 0.15) is 13.2 Å². The maximum Gasteiger partial charge on any atom is 0.407 e. The number of hydrogen-bond donors (Lipinski definition) is 3. The lowest BCUT2D eigenvalue weighted by atomic mass is 10.0. The van der Waals surface area contributed by atoms with Crippen LogP contribution in [-0.2, 0) is 42.1 Å². The minimum absolute atomic E-state index is 0.151. The van der Waals surface area contributed by atoms with Crippen molar-refractivity contribution in [2.24, 2.45) is 0 Å². The lowest BCUT2D eigenvalue weighted by Crippen LogP contribution is -2.50. The van der Waals surface area contributed by atoms with Crippen molar-refractivity contribution in [2.75, 3.05) is 13.1 Å². The number of alkyl carbamates (subject to hydrolysis) is 2. The molecule has 13 heteroatoms. The van der Waals surface area contributed by atoms with Crippen LogP contribution in [0.2, 0.25) is 0 Å². The number of amides is 2. The van der Waals surface area contributed by atoms with Gasteiger partial charge in [-0.05, 0) is 24.0 Å². The highest BCUT2D eigenvalue weighted by atomic mass is 32.1. The van der Waals surface area contributed by atoms with E-state index < -0.39 is 12.2 Å². The molecule has 5 rings (SSSR count). The van der Waals surface area contributed by atoms with Crippen LogP contribution in [0.5, 0.6) is 0 Å². The number of benzene rings is 2. The first kappa shape index (κ1) is 31.8. The van der Waals surface area contributed by atoms with Crippen LogP contribution in [0.4, 0.5) is 9.59 Å². The highest BCUT2D eigenvalue weighted by Crippen LogP contribution is 2.13. The largest absolute Gasteiger partial charge is 0.444 e. The molecule has 0 saturated heterocycles. The van der Waals surface area contributed by atoms with E-state index in [4.69, 9.17) is 9.47 Å². The van der Waals surface area contributed by atoms with Crippen LogP contribution in [0.3, 0.4) is 0 Å². The van der Waals surface area contributed by atoms with Crippen LogP contribution in [-0.4, -0.2) is 62.2 Å². The first-order valence-corrected chi connectivity index (χ1v) is 16.2. The number of nitrogens with one attached hydrogen (secondary N) is 3.